The lowest BCUT2D eigenvalue weighted by Crippen LogP contribution is -1.87. The second-order valence-corrected chi connectivity index (χ2v) is 5.96. The molecule has 0 aliphatic rings. The highest BCUT2D eigenvalue weighted by molar-refractivity contribution is 5.97. The summed E-state index contributed by atoms with van der Waals surface area (Å²) >= 11 is 0. The van der Waals surface area contributed by atoms with Crippen molar-refractivity contribution in [2.24, 2.45) is 0 Å². The van der Waals surface area contributed by atoms with Gasteiger partial charge in [-0.05, 0) is 59.2 Å². The molecule has 118 valence electrons. The predicted octanol–water partition coefficient (Wildman–Crippen LogP) is 4.84. The Morgan fingerprint density at radius 1 is 0.680 bits per heavy atom. The second kappa shape index (κ2) is 5.53. The zero-order valence-corrected chi connectivity index (χ0v) is 13.3. The Labute approximate surface area is 144 Å². The zero-order chi connectivity index (χ0) is 16.6. The molecule has 4 nitrogen and oxygen atoms in total. The van der Waals surface area contributed by atoms with Crippen LogP contribution in [0.15, 0.2) is 79.5 Å². The van der Waals surface area contributed by atoms with Gasteiger partial charge in [-0.15, -0.1) is 0 Å². The van der Waals surface area contributed by atoms with Gasteiger partial charge in [-0.3, -0.25) is 15.0 Å². The van der Waals surface area contributed by atoms with Crippen LogP contribution in [-0.4, -0.2) is 19.9 Å². The third-order valence-electron chi connectivity index (χ3n) is 4.46. The molecule has 4 heterocycles. The maximum absolute atomic E-state index is 4.52. The van der Waals surface area contributed by atoms with Crippen LogP contribution in [0, 0.1) is 0 Å². The fourth-order valence-corrected chi connectivity index (χ4v) is 3.20. The van der Waals surface area contributed by atoms with Crippen LogP contribution < -0.4 is 0 Å². The monoisotopic (exact) mass is 322 g/mol. The minimum atomic E-state index is 0.976. The van der Waals surface area contributed by atoms with Crippen molar-refractivity contribution >= 4 is 21.9 Å². The Kier molecular flexibility index (Phi) is 3.07. The summed E-state index contributed by atoms with van der Waals surface area (Å²) in [5.74, 6) is 0. The summed E-state index contributed by atoms with van der Waals surface area (Å²) in [6.07, 6.45) is 9.31. The Morgan fingerprint density at radius 3 is 2.52 bits per heavy atom. The number of aromatic nitrogens is 4. The summed E-state index contributed by atoms with van der Waals surface area (Å²) in [4.78, 5) is 16.4. The van der Waals surface area contributed by atoms with Crippen molar-refractivity contribution in [2.45, 2.75) is 0 Å². The molecule has 0 saturated carbocycles. The Bertz CT molecular complexity index is 1190. The first-order chi connectivity index (χ1) is 12.4. The van der Waals surface area contributed by atoms with Crippen molar-refractivity contribution in [3.05, 3.63) is 79.5 Å². The molecule has 0 unspecified atom stereocenters. The van der Waals surface area contributed by atoms with Crippen LogP contribution in [0.3, 0.4) is 0 Å². The van der Waals surface area contributed by atoms with Gasteiger partial charge in [-0.1, -0.05) is 6.07 Å². The third-order valence-corrected chi connectivity index (χ3v) is 4.46. The van der Waals surface area contributed by atoms with Gasteiger partial charge in [0.1, 0.15) is 0 Å². The third kappa shape index (κ3) is 2.35. The number of nitrogens with zero attached hydrogens (tertiary/aromatic N) is 3. The van der Waals surface area contributed by atoms with E-state index in [4.69, 9.17) is 0 Å². The molecular formula is C21H14N4. The molecule has 0 bridgehead atoms. The van der Waals surface area contributed by atoms with Crippen LogP contribution in [0.4, 0.5) is 0 Å². The number of hydrogen-bond acceptors (Lipinski definition) is 3. The van der Waals surface area contributed by atoms with Crippen LogP contribution >= 0.6 is 0 Å². The first-order valence-corrected chi connectivity index (χ1v) is 8.11. The first kappa shape index (κ1) is 13.9. The molecule has 0 radical (unpaired) electrons. The number of aromatic amines is 1. The zero-order valence-electron chi connectivity index (χ0n) is 13.3. The maximum Gasteiger partial charge on any atom is 0.0879 e. The average molecular weight is 322 g/mol. The molecular weight excluding hydrogens is 308 g/mol. The maximum atomic E-state index is 4.52. The minimum Gasteiger partial charge on any atom is -0.360 e. The van der Waals surface area contributed by atoms with Gasteiger partial charge in [-0.2, -0.15) is 0 Å². The number of nitrogens with one attached hydrogen (secondary N) is 1. The smallest absolute Gasteiger partial charge is 0.0879 e. The van der Waals surface area contributed by atoms with E-state index in [2.05, 4.69) is 44.2 Å². The van der Waals surface area contributed by atoms with Gasteiger partial charge in [0.15, 0.2) is 0 Å². The van der Waals surface area contributed by atoms with E-state index in [1.807, 2.05) is 55.2 Å². The molecule has 4 aromatic heterocycles. The molecule has 0 aliphatic heterocycles. The lowest BCUT2D eigenvalue weighted by atomic mass is 9.98. The Balaban J connectivity index is 1.72. The van der Waals surface area contributed by atoms with Crippen LogP contribution in [0.2, 0.25) is 0 Å². The molecule has 0 fully saturated rings. The summed E-state index contributed by atoms with van der Waals surface area (Å²) in [6, 6.07) is 16.5. The summed E-state index contributed by atoms with van der Waals surface area (Å²) in [6.45, 7) is 0. The fraction of sp³-hybridized carbons (Fsp3) is 0. The van der Waals surface area contributed by atoms with Crippen LogP contribution in [0.5, 0.6) is 0 Å². The SMILES string of the molecule is c1cc(-c2ccnc3ccc(-c4cnc5cc[nH]c5c4)cc23)ccn1. The molecule has 0 atom stereocenters. The summed E-state index contributed by atoms with van der Waals surface area (Å²) in [7, 11) is 0. The van der Waals surface area contributed by atoms with Crippen molar-refractivity contribution in [3.63, 3.8) is 0 Å². The van der Waals surface area contributed by atoms with Crippen molar-refractivity contribution in [1.29, 1.82) is 0 Å². The van der Waals surface area contributed by atoms with E-state index in [1.54, 1.807) is 0 Å². The predicted molar refractivity (Wildman–Crippen MR) is 100 cm³/mol. The Hall–Kier alpha value is -3.53. The standard InChI is InChI=1S/C21H14N4/c1-2-19-18(17(5-9-23-19)14-3-7-22-8-4-14)11-15(1)16-12-21-20(25-13-16)6-10-24-21/h1-13,24H. The number of H-pyrrole nitrogens is 1. The molecule has 0 saturated heterocycles. The van der Waals surface area contributed by atoms with Gasteiger partial charge in [0.25, 0.3) is 0 Å². The fourth-order valence-electron chi connectivity index (χ4n) is 3.20. The van der Waals surface area contributed by atoms with Crippen molar-refractivity contribution in [2.75, 3.05) is 0 Å². The van der Waals surface area contributed by atoms with E-state index < -0.39 is 0 Å². The second-order valence-electron chi connectivity index (χ2n) is 5.96. The van der Waals surface area contributed by atoms with E-state index in [0.717, 1.165) is 44.2 Å². The molecule has 4 heteroatoms. The summed E-state index contributed by atoms with van der Waals surface area (Å²) in [5.41, 5.74) is 7.50. The molecule has 1 aromatic carbocycles. The van der Waals surface area contributed by atoms with Crippen LogP contribution in [0.1, 0.15) is 0 Å². The molecule has 1 N–H and O–H groups in total. The molecule has 25 heavy (non-hydrogen) atoms. The normalized spacial score (nSPS) is 11.2. The Morgan fingerprint density at radius 2 is 1.60 bits per heavy atom. The average Bonchev–Trinajstić information content (AvgIpc) is 3.15. The highest BCUT2D eigenvalue weighted by Gasteiger charge is 2.08. The molecule has 5 rings (SSSR count). The van der Waals surface area contributed by atoms with Crippen molar-refractivity contribution in [3.8, 4) is 22.3 Å². The van der Waals surface area contributed by atoms with Gasteiger partial charge in [0.2, 0.25) is 0 Å². The number of hydrogen-bond donors (Lipinski definition) is 1. The highest BCUT2D eigenvalue weighted by atomic mass is 14.7. The van der Waals surface area contributed by atoms with Gasteiger partial charge < -0.3 is 4.98 Å². The number of benzene rings is 1. The van der Waals surface area contributed by atoms with Crippen molar-refractivity contribution in [1.82, 2.24) is 19.9 Å². The van der Waals surface area contributed by atoms with Gasteiger partial charge in [0.05, 0.1) is 16.6 Å². The molecule has 0 amide bonds. The van der Waals surface area contributed by atoms with E-state index in [0.29, 0.717) is 0 Å². The first-order valence-electron chi connectivity index (χ1n) is 8.11. The summed E-state index contributed by atoms with van der Waals surface area (Å²) in [5, 5.41) is 1.12. The van der Waals surface area contributed by atoms with E-state index in [1.165, 1.54) is 0 Å². The molecule has 0 aliphatic carbocycles. The largest absolute Gasteiger partial charge is 0.360 e. The minimum absolute atomic E-state index is 0.976. The highest BCUT2D eigenvalue weighted by Crippen LogP contribution is 2.31. The van der Waals surface area contributed by atoms with Crippen molar-refractivity contribution < 1.29 is 0 Å². The van der Waals surface area contributed by atoms with Gasteiger partial charge in [-0.25, -0.2) is 0 Å². The number of fused-ring (bicyclic) bond motifs is 2. The molecule has 0 spiro atoms. The van der Waals surface area contributed by atoms with Crippen LogP contribution in [0.25, 0.3) is 44.2 Å². The van der Waals surface area contributed by atoms with E-state index in [9.17, 15) is 0 Å². The molecule has 5 aromatic rings. The topological polar surface area (TPSA) is 54.5 Å². The lowest BCUT2D eigenvalue weighted by Gasteiger charge is -2.09. The quantitative estimate of drug-likeness (QED) is 0.506. The van der Waals surface area contributed by atoms with Gasteiger partial charge in [0, 0.05) is 41.9 Å². The lowest BCUT2D eigenvalue weighted by molar-refractivity contribution is 1.33. The van der Waals surface area contributed by atoms with E-state index >= 15 is 0 Å². The summed E-state index contributed by atoms with van der Waals surface area (Å²) < 4.78 is 0. The number of pyridine rings is 3. The number of rotatable bonds is 2. The van der Waals surface area contributed by atoms with E-state index in [-0.39, 0.29) is 0 Å². The van der Waals surface area contributed by atoms with Crippen LogP contribution in [-0.2, 0) is 0 Å². The van der Waals surface area contributed by atoms with Gasteiger partial charge >= 0.3 is 0 Å².